The van der Waals surface area contributed by atoms with Crippen LogP contribution in [0.15, 0.2) is 66.7 Å². The normalized spacial score (nSPS) is 24.3. The number of nitro groups is 1. The Bertz CT molecular complexity index is 1040. The first-order valence-corrected chi connectivity index (χ1v) is 10.5. The Labute approximate surface area is 184 Å². The highest BCUT2D eigenvalue weighted by Gasteiger charge is 2.52. The average Bonchev–Trinajstić information content (AvgIpc) is 3.40. The van der Waals surface area contributed by atoms with Crippen LogP contribution in [0.25, 0.3) is 0 Å². The molecule has 0 saturated heterocycles. The summed E-state index contributed by atoms with van der Waals surface area (Å²) in [6, 6.07) is 14.9. The zero-order chi connectivity index (χ0) is 22.8. The largest absolute Gasteiger partial charge is 0.481 e. The van der Waals surface area contributed by atoms with E-state index in [4.69, 9.17) is 0 Å². The summed E-state index contributed by atoms with van der Waals surface area (Å²) in [5.41, 5.74) is 1.22. The molecule has 2 aliphatic carbocycles. The van der Waals surface area contributed by atoms with E-state index in [-0.39, 0.29) is 36.5 Å². The third kappa shape index (κ3) is 4.27. The molecule has 0 aliphatic heterocycles. The number of carbonyl (C=O) groups excluding carboxylic acids is 1. The van der Waals surface area contributed by atoms with Crippen LogP contribution >= 0.6 is 0 Å². The molecule has 0 radical (unpaired) electrons. The molecule has 166 valence electrons. The quantitative estimate of drug-likeness (QED) is 0.372. The second-order valence-electron chi connectivity index (χ2n) is 8.41. The number of hydrogen-bond acceptors (Lipinski definition) is 5. The van der Waals surface area contributed by atoms with Crippen molar-refractivity contribution in [1.82, 2.24) is 4.90 Å². The molecule has 1 fully saturated rings. The molecular formula is C24H24N2O6. The maximum Gasteiger partial charge on any atom is 0.307 e. The Balaban J connectivity index is 1.58. The summed E-state index contributed by atoms with van der Waals surface area (Å²) in [7, 11) is 0. The lowest BCUT2D eigenvalue weighted by Crippen LogP contribution is -2.44. The van der Waals surface area contributed by atoms with E-state index in [2.05, 4.69) is 0 Å². The fourth-order valence-electron chi connectivity index (χ4n) is 4.87. The van der Waals surface area contributed by atoms with Crippen LogP contribution in [0.5, 0.6) is 0 Å². The van der Waals surface area contributed by atoms with Gasteiger partial charge in [0.25, 0.3) is 5.69 Å². The van der Waals surface area contributed by atoms with Crippen molar-refractivity contribution in [3.05, 3.63) is 88.0 Å². The molecule has 8 nitrogen and oxygen atoms in total. The molecular weight excluding hydrogens is 412 g/mol. The number of rotatable bonds is 8. The molecule has 0 heterocycles. The molecule has 32 heavy (non-hydrogen) atoms. The van der Waals surface area contributed by atoms with Crippen LogP contribution in [-0.2, 0) is 16.1 Å². The van der Waals surface area contributed by atoms with Crippen molar-refractivity contribution >= 4 is 17.6 Å². The van der Waals surface area contributed by atoms with E-state index >= 15 is 0 Å². The van der Waals surface area contributed by atoms with Crippen molar-refractivity contribution in [3.8, 4) is 0 Å². The Kier molecular flexibility index (Phi) is 6.05. The highest BCUT2D eigenvalue weighted by atomic mass is 16.6. The Morgan fingerprint density at radius 1 is 1.03 bits per heavy atom. The van der Waals surface area contributed by atoms with Gasteiger partial charge in [-0.3, -0.25) is 19.7 Å². The number of fused-ring (bicyclic) bond motifs is 2. The molecule has 0 spiro atoms. The summed E-state index contributed by atoms with van der Waals surface area (Å²) in [6.45, 7) is 0.184. The van der Waals surface area contributed by atoms with Gasteiger partial charge in [0.15, 0.2) is 0 Å². The third-order valence-electron chi connectivity index (χ3n) is 6.44. The third-order valence-corrected chi connectivity index (χ3v) is 6.44. The van der Waals surface area contributed by atoms with Gasteiger partial charge in [-0.25, -0.2) is 0 Å². The van der Waals surface area contributed by atoms with Crippen LogP contribution < -0.4 is 0 Å². The number of amides is 1. The van der Waals surface area contributed by atoms with E-state index in [0.29, 0.717) is 12.0 Å². The highest BCUT2D eigenvalue weighted by Crippen LogP contribution is 2.49. The van der Waals surface area contributed by atoms with Gasteiger partial charge >= 0.3 is 5.97 Å². The van der Waals surface area contributed by atoms with Crippen LogP contribution in [0.1, 0.15) is 23.7 Å². The van der Waals surface area contributed by atoms with Crippen LogP contribution in [-0.4, -0.2) is 38.5 Å². The Morgan fingerprint density at radius 2 is 1.66 bits per heavy atom. The second-order valence-corrected chi connectivity index (χ2v) is 8.41. The SMILES string of the molecule is O=C(O)C1C2C=CC(C2)C1C(=O)N(Cc1ccccc1)CC(O)c1ccc([N+](=O)[O-])cc1. The van der Waals surface area contributed by atoms with Gasteiger partial charge in [0.2, 0.25) is 5.91 Å². The number of benzene rings is 2. The number of nitrogens with zero attached hydrogens (tertiary/aromatic N) is 2. The monoisotopic (exact) mass is 436 g/mol. The predicted octanol–water partition coefficient (Wildman–Crippen LogP) is 3.18. The smallest absolute Gasteiger partial charge is 0.307 e. The summed E-state index contributed by atoms with van der Waals surface area (Å²) >= 11 is 0. The van der Waals surface area contributed by atoms with Crippen LogP contribution in [0.2, 0.25) is 0 Å². The number of carboxylic acids is 1. The average molecular weight is 436 g/mol. The Hall–Kier alpha value is -3.52. The lowest BCUT2D eigenvalue weighted by molar-refractivity contribution is -0.384. The number of aliphatic carboxylic acids is 1. The van der Waals surface area contributed by atoms with Crippen molar-refractivity contribution in [2.45, 2.75) is 19.1 Å². The molecule has 2 aliphatic rings. The van der Waals surface area contributed by atoms with Crippen molar-refractivity contribution in [3.63, 3.8) is 0 Å². The summed E-state index contributed by atoms with van der Waals surface area (Å²) in [5, 5.41) is 31.4. The highest BCUT2D eigenvalue weighted by molar-refractivity contribution is 5.87. The molecule has 2 N–H and O–H groups in total. The van der Waals surface area contributed by atoms with E-state index in [1.807, 2.05) is 42.5 Å². The van der Waals surface area contributed by atoms with Gasteiger partial charge in [0, 0.05) is 18.7 Å². The van der Waals surface area contributed by atoms with E-state index in [1.165, 1.54) is 29.2 Å². The minimum atomic E-state index is -1.07. The van der Waals surface area contributed by atoms with E-state index in [1.54, 1.807) is 0 Å². The van der Waals surface area contributed by atoms with E-state index in [0.717, 1.165) is 5.56 Å². The molecule has 4 rings (SSSR count). The molecule has 5 atom stereocenters. The standard InChI is InChI=1S/C24H24N2O6/c27-20(16-8-10-19(11-9-16)26(31)32)14-25(13-15-4-2-1-3-5-15)23(28)21-17-6-7-18(12-17)22(21)24(29)30/h1-11,17-18,20-22,27H,12-14H2,(H,29,30). The van der Waals surface area contributed by atoms with Crippen molar-refractivity contribution < 1.29 is 24.7 Å². The number of aliphatic hydroxyl groups excluding tert-OH is 1. The number of non-ortho nitro benzene ring substituents is 1. The molecule has 5 unspecified atom stereocenters. The van der Waals surface area contributed by atoms with Gasteiger partial charge < -0.3 is 15.1 Å². The zero-order valence-electron chi connectivity index (χ0n) is 17.3. The molecule has 0 aromatic heterocycles. The summed E-state index contributed by atoms with van der Waals surface area (Å²) in [4.78, 5) is 37.4. The van der Waals surface area contributed by atoms with Gasteiger partial charge in [0.1, 0.15) is 0 Å². The van der Waals surface area contributed by atoms with Gasteiger partial charge in [-0.15, -0.1) is 0 Å². The van der Waals surface area contributed by atoms with Crippen LogP contribution in [0, 0.1) is 33.8 Å². The molecule has 2 aromatic rings. The lowest BCUT2D eigenvalue weighted by atomic mass is 9.82. The Morgan fingerprint density at radius 3 is 2.25 bits per heavy atom. The molecule has 2 bridgehead atoms. The zero-order valence-corrected chi connectivity index (χ0v) is 17.3. The predicted molar refractivity (Wildman–Crippen MR) is 115 cm³/mol. The maximum absolute atomic E-state index is 13.6. The van der Waals surface area contributed by atoms with E-state index in [9.17, 15) is 29.9 Å². The van der Waals surface area contributed by atoms with Gasteiger partial charge in [-0.05, 0) is 41.5 Å². The summed E-state index contributed by atoms with van der Waals surface area (Å²) in [5.74, 6) is -2.98. The van der Waals surface area contributed by atoms with Crippen molar-refractivity contribution in [2.24, 2.45) is 23.7 Å². The van der Waals surface area contributed by atoms with Crippen molar-refractivity contribution in [2.75, 3.05) is 6.54 Å². The fraction of sp³-hybridized carbons (Fsp3) is 0.333. The topological polar surface area (TPSA) is 121 Å². The first-order valence-electron chi connectivity index (χ1n) is 10.5. The fourth-order valence-corrected chi connectivity index (χ4v) is 4.87. The maximum atomic E-state index is 13.6. The summed E-state index contributed by atoms with van der Waals surface area (Å²) in [6.07, 6.45) is 3.40. The van der Waals surface area contributed by atoms with Crippen LogP contribution in [0.4, 0.5) is 5.69 Å². The number of carboxylic acid groups (broad SMARTS) is 1. The summed E-state index contributed by atoms with van der Waals surface area (Å²) < 4.78 is 0. The first kappa shape index (κ1) is 21.7. The van der Waals surface area contributed by atoms with E-state index < -0.39 is 28.8 Å². The number of carbonyl (C=O) groups is 2. The van der Waals surface area contributed by atoms with Crippen molar-refractivity contribution in [1.29, 1.82) is 0 Å². The van der Waals surface area contributed by atoms with Crippen LogP contribution in [0.3, 0.4) is 0 Å². The second kappa shape index (κ2) is 8.92. The van der Waals surface area contributed by atoms with Gasteiger partial charge in [-0.2, -0.15) is 0 Å². The van der Waals surface area contributed by atoms with Gasteiger partial charge in [-0.1, -0.05) is 42.5 Å². The minimum absolute atomic E-state index is 0.0462. The van der Waals surface area contributed by atoms with Gasteiger partial charge in [0.05, 0.1) is 29.4 Å². The molecule has 8 heteroatoms. The minimum Gasteiger partial charge on any atom is -0.481 e. The number of allylic oxidation sites excluding steroid dienone is 2. The number of hydrogen-bond donors (Lipinski definition) is 2. The number of nitro benzene ring substituents is 1. The lowest BCUT2D eigenvalue weighted by Gasteiger charge is -2.32. The number of aliphatic hydroxyl groups is 1. The molecule has 2 aromatic carbocycles. The molecule has 1 saturated carbocycles. The first-order chi connectivity index (χ1) is 15.3. The molecule has 1 amide bonds.